The van der Waals surface area contributed by atoms with E-state index in [1.807, 2.05) is 19.9 Å². The summed E-state index contributed by atoms with van der Waals surface area (Å²) in [5, 5.41) is 8.83. The summed E-state index contributed by atoms with van der Waals surface area (Å²) in [6.45, 7) is 6.02. The number of nitrogens with one attached hydrogen (secondary N) is 1. The van der Waals surface area contributed by atoms with Crippen LogP contribution in [0.2, 0.25) is 0 Å². The molecule has 1 aromatic heterocycles. The second kappa shape index (κ2) is 7.46. The third-order valence-corrected chi connectivity index (χ3v) is 2.76. The first kappa shape index (κ1) is 15.1. The van der Waals surface area contributed by atoms with Crippen LogP contribution in [-0.2, 0) is 6.54 Å². The number of nitrogen functional groups attached to an aromatic ring is 1. The molecule has 1 amide bonds. The lowest BCUT2D eigenvalue weighted by molar-refractivity contribution is 0.0948. The molecule has 1 aromatic rings. The van der Waals surface area contributed by atoms with Gasteiger partial charge in [-0.3, -0.25) is 15.1 Å². The number of carbonyl (C=O) groups excluding carboxylic acids is 1. The van der Waals surface area contributed by atoms with Crippen molar-refractivity contribution in [1.29, 1.82) is 5.26 Å². The number of amides is 1. The van der Waals surface area contributed by atoms with Gasteiger partial charge in [0, 0.05) is 13.1 Å². The minimum Gasteiger partial charge on any atom is -0.296 e. The minimum atomic E-state index is -0.407. The monoisotopic (exact) mass is 261 g/mol. The van der Waals surface area contributed by atoms with Crippen molar-refractivity contribution in [3.8, 4) is 6.07 Å². The highest BCUT2D eigenvalue weighted by atomic mass is 16.2. The quantitative estimate of drug-likeness (QED) is 0.446. The minimum absolute atomic E-state index is 0.0320. The predicted molar refractivity (Wildman–Crippen MR) is 71.6 cm³/mol. The fourth-order valence-corrected chi connectivity index (χ4v) is 1.73. The Balaban J connectivity index is 2.75. The van der Waals surface area contributed by atoms with Crippen LogP contribution >= 0.6 is 0 Å². The van der Waals surface area contributed by atoms with Crippen LogP contribution in [-0.4, -0.2) is 28.9 Å². The lowest BCUT2D eigenvalue weighted by Crippen LogP contribution is -2.31. The average molecular weight is 261 g/mol. The summed E-state index contributed by atoms with van der Waals surface area (Å²) < 4.78 is 0. The Morgan fingerprint density at radius 1 is 1.63 bits per heavy atom. The van der Waals surface area contributed by atoms with Gasteiger partial charge in [-0.15, -0.1) is 0 Å². The van der Waals surface area contributed by atoms with E-state index in [9.17, 15) is 4.79 Å². The van der Waals surface area contributed by atoms with E-state index in [0.717, 1.165) is 12.2 Å². The van der Waals surface area contributed by atoms with E-state index in [-0.39, 0.29) is 5.92 Å². The Morgan fingerprint density at radius 2 is 2.37 bits per heavy atom. The molecule has 0 saturated heterocycles. The molecule has 1 atom stereocenters. The fraction of sp³-hybridized carbons (Fsp3) is 0.462. The Kier molecular flexibility index (Phi) is 5.93. The van der Waals surface area contributed by atoms with Gasteiger partial charge in [0.25, 0.3) is 5.91 Å². The maximum Gasteiger partial charge on any atom is 0.283 e. The molecule has 0 spiro atoms. The lowest BCUT2D eigenvalue weighted by atomic mass is 10.2. The lowest BCUT2D eigenvalue weighted by Gasteiger charge is -2.21. The van der Waals surface area contributed by atoms with Crippen molar-refractivity contribution >= 4 is 5.91 Å². The van der Waals surface area contributed by atoms with Gasteiger partial charge in [0.1, 0.15) is 5.69 Å². The molecule has 6 nitrogen and oxygen atoms in total. The van der Waals surface area contributed by atoms with Gasteiger partial charge in [-0.05, 0) is 25.6 Å². The summed E-state index contributed by atoms with van der Waals surface area (Å²) in [4.78, 5) is 17.7. The highest BCUT2D eigenvalue weighted by Gasteiger charge is 2.11. The zero-order chi connectivity index (χ0) is 14.3. The van der Waals surface area contributed by atoms with Gasteiger partial charge in [-0.25, -0.2) is 10.8 Å². The Hall–Kier alpha value is -1.97. The van der Waals surface area contributed by atoms with Crippen molar-refractivity contribution in [1.82, 2.24) is 15.3 Å². The molecule has 0 radical (unpaired) electrons. The number of hydrogen-bond acceptors (Lipinski definition) is 5. The van der Waals surface area contributed by atoms with Crippen molar-refractivity contribution < 1.29 is 4.79 Å². The first-order chi connectivity index (χ1) is 9.10. The summed E-state index contributed by atoms with van der Waals surface area (Å²) in [6.07, 6.45) is 0. The first-order valence-electron chi connectivity index (χ1n) is 6.19. The molecular formula is C13H19N5O. The van der Waals surface area contributed by atoms with E-state index >= 15 is 0 Å². The largest absolute Gasteiger partial charge is 0.296 e. The van der Waals surface area contributed by atoms with E-state index < -0.39 is 5.91 Å². The van der Waals surface area contributed by atoms with Crippen molar-refractivity contribution in [3.63, 3.8) is 0 Å². The Morgan fingerprint density at radius 3 is 2.95 bits per heavy atom. The van der Waals surface area contributed by atoms with Gasteiger partial charge in [0.05, 0.1) is 17.7 Å². The van der Waals surface area contributed by atoms with Crippen LogP contribution in [0.1, 0.15) is 30.0 Å². The number of hydrazine groups is 1. The molecule has 0 saturated carbocycles. The topological polar surface area (TPSA) is 95.0 Å². The number of pyridine rings is 1. The van der Waals surface area contributed by atoms with Crippen molar-refractivity contribution in [2.45, 2.75) is 20.4 Å². The number of rotatable bonds is 6. The second-order valence-corrected chi connectivity index (χ2v) is 4.35. The molecule has 102 valence electrons. The number of nitriles is 1. The molecule has 0 aliphatic carbocycles. The van der Waals surface area contributed by atoms with Gasteiger partial charge < -0.3 is 0 Å². The second-order valence-electron chi connectivity index (χ2n) is 4.35. The van der Waals surface area contributed by atoms with Crippen LogP contribution in [0.5, 0.6) is 0 Å². The SMILES string of the molecule is CCN(Cc1cccc(C(=O)NN)n1)CC(C)C#N. The van der Waals surface area contributed by atoms with E-state index in [4.69, 9.17) is 11.1 Å². The van der Waals surface area contributed by atoms with Crippen LogP contribution < -0.4 is 11.3 Å². The van der Waals surface area contributed by atoms with Gasteiger partial charge >= 0.3 is 0 Å². The Bertz CT molecular complexity index is 468. The van der Waals surface area contributed by atoms with Gasteiger partial charge in [-0.1, -0.05) is 13.0 Å². The fourth-order valence-electron chi connectivity index (χ4n) is 1.73. The van der Waals surface area contributed by atoms with Gasteiger partial charge in [0.2, 0.25) is 0 Å². The summed E-state index contributed by atoms with van der Waals surface area (Å²) in [5.41, 5.74) is 3.14. The molecule has 0 fully saturated rings. The maximum absolute atomic E-state index is 11.4. The molecular weight excluding hydrogens is 242 g/mol. The Labute approximate surface area is 113 Å². The zero-order valence-electron chi connectivity index (χ0n) is 11.3. The van der Waals surface area contributed by atoms with Crippen molar-refractivity contribution in [2.24, 2.45) is 11.8 Å². The summed E-state index contributed by atoms with van der Waals surface area (Å²) in [7, 11) is 0. The van der Waals surface area contributed by atoms with Crippen molar-refractivity contribution in [2.75, 3.05) is 13.1 Å². The molecule has 19 heavy (non-hydrogen) atoms. The molecule has 6 heteroatoms. The number of carbonyl (C=O) groups is 1. The van der Waals surface area contributed by atoms with Crippen LogP contribution in [0.3, 0.4) is 0 Å². The van der Waals surface area contributed by atoms with Crippen molar-refractivity contribution in [3.05, 3.63) is 29.6 Å². The molecule has 3 N–H and O–H groups in total. The molecule has 1 rings (SSSR count). The average Bonchev–Trinajstić information content (AvgIpc) is 2.45. The van der Waals surface area contributed by atoms with E-state index in [0.29, 0.717) is 18.8 Å². The number of aromatic nitrogens is 1. The molecule has 0 aliphatic rings. The van der Waals surface area contributed by atoms with Gasteiger partial charge in [-0.2, -0.15) is 5.26 Å². The number of nitrogens with two attached hydrogens (primary N) is 1. The van der Waals surface area contributed by atoms with E-state index in [1.54, 1.807) is 12.1 Å². The third kappa shape index (κ3) is 4.66. The van der Waals surface area contributed by atoms with E-state index in [1.165, 1.54) is 0 Å². The van der Waals surface area contributed by atoms with E-state index in [2.05, 4.69) is 21.4 Å². The highest BCUT2D eigenvalue weighted by molar-refractivity contribution is 5.91. The van der Waals surface area contributed by atoms with Crippen LogP contribution in [0.15, 0.2) is 18.2 Å². The highest BCUT2D eigenvalue weighted by Crippen LogP contribution is 2.06. The smallest absolute Gasteiger partial charge is 0.283 e. The normalized spacial score (nSPS) is 11.9. The molecule has 0 bridgehead atoms. The summed E-state index contributed by atoms with van der Waals surface area (Å²) in [6, 6.07) is 7.45. The third-order valence-electron chi connectivity index (χ3n) is 2.76. The summed E-state index contributed by atoms with van der Waals surface area (Å²) >= 11 is 0. The number of hydrogen-bond donors (Lipinski definition) is 2. The predicted octanol–water partition coefficient (Wildman–Crippen LogP) is 0.667. The van der Waals surface area contributed by atoms with Crippen LogP contribution in [0.25, 0.3) is 0 Å². The van der Waals surface area contributed by atoms with Gasteiger partial charge in [0.15, 0.2) is 0 Å². The zero-order valence-corrected chi connectivity index (χ0v) is 11.3. The standard InChI is InChI=1S/C13H19N5O/c1-3-18(8-10(2)7-14)9-11-5-4-6-12(16-11)13(19)17-15/h4-6,10H,3,8-9,15H2,1-2H3,(H,17,19). The molecule has 0 aliphatic heterocycles. The van der Waals surface area contributed by atoms with Crippen LogP contribution in [0.4, 0.5) is 0 Å². The number of nitrogens with zero attached hydrogens (tertiary/aromatic N) is 3. The van der Waals surface area contributed by atoms with Crippen LogP contribution in [0, 0.1) is 17.2 Å². The summed E-state index contributed by atoms with van der Waals surface area (Å²) in [5.74, 6) is 4.64. The molecule has 1 unspecified atom stereocenters. The molecule has 1 heterocycles. The first-order valence-corrected chi connectivity index (χ1v) is 6.19. The molecule has 0 aromatic carbocycles. The maximum atomic E-state index is 11.4.